The summed E-state index contributed by atoms with van der Waals surface area (Å²) in [4.78, 5) is 1.99. The molecule has 0 saturated heterocycles. The molecule has 5 nitrogen and oxygen atoms in total. The molecular formula is C15H19N3O2S. The fraction of sp³-hybridized carbons (Fsp3) is 0.200. The van der Waals surface area contributed by atoms with Crippen molar-refractivity contribution in [1.82, 2.24) is 4.72 Å². The lowest BCUT2D eigenvalue weighted by Crippen LogP contribution is -2.22. The van der Waals surface area contributed by atoms with E-state index < -0.39 is 10.0 Å². The summed E-state index contributed by atoms with van der Waals surface area (Å²) in [5.74, 6) is 0. The van der Waals surface area contributed by atoms with Gasteiger partial charge < -0.3 is 10.6 Å². The first-order valence-corrected chi connectivity index (χ1v) is 7.97. The van der Waals surface area contributed by atoms with E-state index in [4.69, 9.17) is 5.73 Å². The van der Waals surface area contributed by atoms with Gasteiger partial charge in [-0.3, -0.25) is 0 Å². The van der Waals surface area contributed by atoms with Crippen molar-refractivity contribution in [1.29, 1.82) is 0 Å². The van der Waals surface area contributed by atoms with Gasteiger partial charge in [0.15, 0.2) is 0 Å². The molecule has 2 aromatic rings. The fourth-order valence-electron chi connectivity index (χ4n) is 2.11. The van der Waals surface area contributed by atoms with E-state index in [1.54, 1.807) is 12.1 Å². The minimum atomic E-state index is -3.59. The van der Waals surface area contributed by atoms with Crippen molar-refractivity contribution in [3.05, 3.63) is 48.0 Å². The first kappa shape index (κ1) is 15.3. The lowest BCUT2D eigenvalue weighted by atomic mass is 10.2. The molecule has 0 spiro atoms. The van der Waals surface area contributed by atoms with Crippen LogP contribution in [0.25, 0.3) is 0 Å². The van der Waals surface area contributed by atoms with Crippen molar-refractivity contribution in [3.8, 4) is 0 Å². The normalized spacial score (nSPS) is 11.4. The molecule has 2 aromatic carbocycles. The molecule has 0 aliphatic rings. The quantitative estimate of drug-likeness (QED) is 0.850. The molecule has 0 aromatic heterocycles. The van der Waals surface area contributed by atoms with Crippen LogP contribution < -0.4 is 15.4 Å². The Morgan fingerprint density at radius 1 is 1.14 bits per heavy atom. The molecule has 0 amide bonds. The Balaban J connectivity index is 2.59. The highest BCUT2D eigenvalue weighted by atomic mass is 32.2. The average Bonchev–Trinajstić information content (AvgIpc) is 2.46. The van der Waals surface area contributed by atoms with Crippen molar-refractivity contribution in [2.75, 3.05) is 24.7 Å². The molecule has 0 atom stereocenters. The highest BCUT2D eigenvalue weighted by Crippen LogP contribution is 2.31. The van der Waals surface area contributed by atoms with Crippen LogP contribution >= 0.6 is 0 Å². The monoisotopic (exact) mass is 305 g/mol. The van der Waals surface area contributed by atoms with Gasteiger partial charge in [0, 0.05) is 18.4 Å². The highest BCUT2D eigenvalue weighted by Gasteiger charge is 2.20. The number of nitrogens with two attached hydrogens (primary N) is 1. The lowest BCUT2D eigenvalue weighted by Gasteiger charge is -2.23. The second-order valence-corrected chi connectivity index (χ2v) is 6.69. The van der Waals surface area contributed by atoms with Gasteiger partial charge in [-0.1, -0.05) is 12.1 Å². The maximum atomic E-state index is 12.2. The largest absolute Gasteiger partial charge is 0.399 e. The van der Waals surface area contributed by atoms with Crippen molar-refractivity contribution in [3.63, 3.8) is 0 Å². The molecule has 0 fully saturated rings. The van der Waals surface area contributed by atoms with Crippen LogP contribution in [0.4, 0.5) is 17.1 Å². The van der Waals surface area contributed by atoms with E-state index >= 15 is 0 Å². The maximum Gasteiger partial charge on any atom is 0.242 e. The van der Waals surface area contributed by atoms with Crippen molar-refractivity contribution in [2.24, 2.45) is 0 Å². The number of nitrogens with zero attached hydrogens (tertiary/aromatic N) is 1. The van der Waals surface area contributed by atoms with Gasteiger partial charge in [0.25, 0.3) is 0 Å². The van der Waals surface area contributed by atoms with Crippen LogP contribution in [0.5, 0.6) is 0 Å². The van der Waals surface area contributed by atoms with Gasteiger partial charge in [-0.05, 0) is 49.9 Å². The standard InChI is InChI=1S/C15H19N3O2S/c1-11-5-4-6-13(9-11)18(3)14-8-7-12(16)10-15(14)21(19,20)17-2/h4-10,17H,16H2,1-3H3. The van der Waals surface area contributed by atoms with Crippen molar-refractivity contribution in [2.45, 2.75) is 11.8 Å². The Morgan fingerprint density at radius 2 is 1.86 bits per heavy atom. The average molecular weight is 305 g/mol. The van der Waals surface area contributed by atoms with Crippen molar-refractivity contribution >= 4 is 27.1 Å². The number of rotatable bonds is 4. The summed E-state index contributed by atoms with van der Waals surface area (Å²) >= 11 is 0. The Hall–Kier alpha value is -2.05. The zero-order chi connectivity index (χ0) is 15.6. The molecule has 0 aliphatic carbocycles. The minimum Gasteiger partial charge on any atom is -0.399 e. The molecule has 0 aliphatic heterocycles. The summed E-state index contributed by atoms with van der Waals surface area (Å²) in [6, 6.07) is 12.7. The summed E-state index contributed by atoms with van der Waals surface area (Å²) < 4.78 is 26.7. The smallest absolute Gasteiger partial charge is 0.242 e. The number of benzene rings is 2. The molecule has 21 heavy (non-hydrogen) atoms. The second-order valence-electron chi connectivity index (χ2n) is 4.83. The van der Waals surface area contributed by atoms with Crippen LogP contribution in [-0.2, 0) is 10.0 Å². The number of sulfonamides is 1. The summed E-state index contributed by atoms with van der Waals surface area (Å²) in [5, 5.41) is 0. The van der Waals surface area contributed by atoms with Crippen LogP contribution in [-0.4, -0.2) is 22.5 Å². The molecule has 0 unspecified atom stereocenters. The van der Waals surface area contributed by atoms with E-state index in [1.165, 1.54) is 13.1 Å². The van der Waals surface area contributed by atoms with Gasteiger partial charge in [0.1, 0.15) is 4.90 Å². The molecule has 0 saturated carbocycles. The number of anilines is 3. The minimum absolute atomic E-state index is 0.161. The SMILES string of the molecule is CNS(=O)(=O)c1cc(N)ccc1N(C)c1cccc(C)c1. The van der Waals surface area contributed by atoms with E-state index in [1.807, 2.05) is 43.1 Å². The van der Waals surface area contributed by atoms with Crippen LogP contribution in [0.1, 0.15) is 5.56 Å². The molecule has 0 heterocycles. The van der Waals surface area contributed by atoms with Crippen LogP contribution in [0.2, 0.25) is 0 Å². The Morgan fingerprint density at radius 3 is 2.48 bits per heavy atom. The molecule has 2 rings (SSSR count). The zero-order valence-corrected chi connectivity index (χ0v) is 13.1. The summed E-state index contributed by atoms with van der Waals surface area (Å²) in [6.07, 6.45) is 0. The molecule has 0 bridgehead atoms. The third-order valence-electron chi connectivity index (χ3n) is 3.29. The molecule has 3 N–H and O–H groups in total. The van der Waals surface area contributed by atoms with Gasteiger partial charge in [-0.2, -0.15) is 0 Å². The third-order valence-corrected chi connectivity index (χ3v) is 4.74. The molecule has 112 valence electrons. The molecule has 0 radical (unpaired) electrons. The lowest BCUT2D eigenvalue weighted by molar-refractivity contribution is 0.588. The predicted molar refractivity (Wildman–Crippen MR) is 86.3 cm³/mol. The van der Waals surface area contributed by atoms with Gasteiger partial charge in [-0.15, -0.1) is 0 Å². The number of hydrogen-bond donors (Lipinski definition) is 2. The highest BCUT2D eigenvalue weighted by molar-refractivity contribution is 7.89. The summed E-state index contributed by atoms with van der Waals surface area (Å²) in [7, 11) is -0.374. The molecular weight excluding hydrogens is 286 g/mol. The van der Waals surface area contributed by atoms with Crippen LogP contribution in [0, 0.1) is 6.92 Å². The van der Waals surface area contributed by atoms with E-state index in [0.717, 1.165) is 11.3 Å². The maximum absolute atomic E-state index is 12.2. The first-order chi connectivity index (χ1) is 9.85. The molecule has 6 heteroatoms. The van der Waals surface area contributed by atoms with E-state index in [9.17, 15) is 8.42 Å². The first-order valence-electron chi connectivity index (χ1n) is 6.48. The van der Waals surface area contributed by atoms with Gasteiger partial charge in [0.2, 0.25) is 10.0 Å². The van der Waals surface area contributed by atoms with Gasteiger partial charge in [-0.25, -0.2) is 13.1 Å². The van der Waals surface area contributed by atoms with Crippen LogP contribution in [0.15, 0.2) is 47.4 Å². The van der Waals surface area contributed by atoms with Crippen LogP contribution in [0.3, 0.4) is 0 Å². The topological polar surface area (TPSA) is 75.4 Å². The second kappa shape index (κ2) is 5.75. The zero-order valence-electron chi connectivity index (χ0n) is 12.3. The van der Waals surface area contributed by atoms with E-state index in [0.29, 0.717) is 11.4 Å². The Labute approximate surface area is 125 Å². The Kier molecular flexibility index (Phi) is 4.20. The van der Waals surface area contributed by atoms with E-state index in [2.05, 4.69) is 4.72 Å². The predicted octanol–water partition coefficient (Wildman–Crippen LogP) is 2.25. The van der Waals surface area contributed by atoms with Gasteiger partial charge in [0.05, 0.1) is 5.69 Å². The number of nitrogen functional groups attached to an aromatic ring is 1. The number of aryl methyl sites for hydroxylation is 1. The summed E-state index contributed by atoms with van der Waals surface area (Å²) in [6.45, 7) is 1.99. The van der Waals surface area contributed by atoms with Gasteiger partial charge >= 0.3 is 0 Å². The Bertz CT molecular complexity index is 757. The van der Waals surface area contributed by atoms with Crippen molar-refractivity contribution < 1.29 is 8.42 Å². The summed E-state index contributed by atoms with van der Waals surface area (Å²) in [5.41, 5.74) is 8.73. The number of nitrogens with one attached hydrogen (secondary N) is 1. The number of hydrogen-bond acceptors (Lipinski definition) is 4. The van der Waals surface area contributed by atoms with E-state index in [-0.39, 0.29) is 4.90 Å². The third kappa shape index (κ3) is 3.17. The fourth-order valence-corrected chi connectivity index (χ4v) is 3.10.